The Balaban J connectivity index is 1.56. The van der Waals surface area contributed by atoms with Gasteiger partial charge in [-0.2, -0.15) is 5.10 Å². The molecule has 1 spiro atoms. The van der Waals surface area contributed by atoms with Gasteiger partial charge < -0.3 is 9.64 Å². The molecule has 4 nitrogen and oxygen atoms in total. The second-order valence-electron chi connectivity index (χ2n) is 8.81. The number of aryl methyl sites for hydroxylation is 1. The molecule has 0 saturated carbocycles. The lowest BCUT2D eigenvalue weighted by Gasteiger charge is -2.51. The largest absolute Gasteiger partial charge is 0.466 e. The zero-order valence-corrected chi connectivity index (χ0v) is 18.1. The minimum absolute atomic E-state index is 0.204. The average Bonchev–Trinajstić information content (AvgIpc) is 3.16. The maximum atomic E-state index is 6.73. The van der Waals surface area contributed by atoms with E-state index in [1.165, 1.54) is 11.1 Å². The molecule has 1 saturated heterocycles. The van der Waals surface area contributed by atoms with Crippen molar-refractivity contribution in [2.75, 3.05) is 13.1 Å². The van der Waals surface area contributed by atoms with Crippen LogP contribution in [0.15, 0.2) is 47.6 Å². The first kappa shape index (κ1) is 19.0. The van der Waals surface area contributed by atoms with Crippen molar-refractivity contribution in [1.82, 2.24) is 9.91 Å². The van der Waals surface area contributed by atoms with Gasteiger partial charge >= 0.3 is 0 Å². The van der Waals surface area contributed by atoms with Crippen LogP contribution in [0.3, 0.4) is 0 Å². The summed E-state index contributed by atoms with van der Waals surface area (Å²) in [6.07, 6.45) is 2.77. The molecule has 2 aromatic carbocycles. The Morgan fingerprint density at radius 3 is 2.62 bits per heavy atom. The van der Waals surface area contributed by atoms with Crippen molar-refractivity contribution in [3.8, 4) is 5.75 Å². The first-order valence-electron chi connectivity index (χ1n) is 10.6. The Morgan fingerprint density at radius 2 is 1.90 bits per heavy atom. The van der Waals surface area contributed by atoms with Crippen molar-refractivity contribution in [3.63, 3.8) is 0 Å². The number of nitrogens with zero attached hydrogens (tertiary/aromatic N) is 3. The third kappa shape index (κ3) is 3.13. The summed E-state index contributed by atoms with van der Waals surface area (Å²) >= 11 is 6.52. The smallest absolute Gasteiger partial charge is 0.200 e. The number of benzene rings is 2. The fraction of sp³-hybridized carbons (Fsp3) is 0.458. The monoisotopic (exact) mass is 409 g/mol. The van der Waals surface area contributed by atoms with Gasteiger partial charge in [0.1, 0.15) is 5.75 Å². The summed E-state index contributed by atoms with van der Waals surface area (Å²) in [6, 6.07) is 15.3. The van der Waals surface area contributed by atoms with E-state index in [9.17, 15) is 0 Å². The lowest BCUT2D eigenvalue weighted by atomic mass is 9.90. The van der Waals surface area contributed by atoms with Crippen molar-refractivity contribution in [2.24, 2.45) is 5.10 Å². The summed E-state index contributed by atoms with van der Waals surface area (Å²) in [4.78, 5) is 2.53. The maximum absolute atomic E-state index is 6.73. The fourth-order valence-corrected chi connectivity index (χ4v) is 5.22. The van der Waals surface area contributed by atoms with Gasteiger partial charge in [-0.3, -0.25) is 0 Å². The Hall–Kier alpha value is -2.04. The highest BCUT2D eigenvalue weighted by Crippen LogP contribution is 2.50. The molecule has 0 radical (unpaired) electrons. The van der Waals surface area contributed by atoms with E-state index >= 15 is 0 Å². The summed E-state index contributed by atoms with van der Waals surface area (Å²) in [7, 11) is 0. The van der Waals surface area contributed by atoms with Crippen LogP contribution in [-0.4, -0.2) is 40.5 Å². The molecule has 0 N–H and O–H groups in total. The Labute approximate surface area is 178 Å². The second-order valence-corrected chi connectivity index (χ2v) is 9.22. The molecule has 0 aliphatic carbocycles. The molecule has 3 aliphatic rings. The van der Waals surface area contributed by atoms with E-state index in [1.54, 1.807) is 0 Å². The van der Waals surface area contributed by atoms with Crippen LogP contribution >= 0.6 is 11.6 Å². The number of piperidine rings is 1. The molecule has 2 aromatic rings. The van der Waals surface area contributed by atoms with Gasteiger partial charge in [-0.05, 0) is 32.9 Å². The highest BCUT2D eigenvalue weighted by atomic mass is 35.5. The number of hydrazone groups is 1. The van der Waals surface area contributed by atoms with Crippen LogP contribution in [0.5, 0.6) is 5.75 Å². The van der Waals surface area contributed by atoms with Crippen molar-refractivity contribution >= 4 is 17.3 Å². The topological polar surface area (TPSA) is 28.1 Å². The van der Waals surface area contributed by atoms with Gasteiger partial charge in [0.05, 0.1) is 11.8 Å². The lowest BCUT2D eigenvalue weighted by molar-refractivity contribution is -0.152. The van der Waals surface area contributed by atoms with Gasteiger partial charge in [-0.25, -0.2) is 5.01 Å². The molecule has 5 heteroatoms. The van der Waals surface area contributed by atoms with Crippen LogP contribution in [0.2, 0.25) is 5.02 Å². The van der Waals surface area contributed by atoms with Crippen molar-refractivity contribution in [2.45, 2.75) is 57.8 Å². The fourth-order valence-electron chi connectivity index (χ4n) is 4.98. The second kappa shape index (κ2) is 7.03. The Bertz CT molecular complexity index is 962. The van der Waals surface area contributed by atoms with Crippen molar-refractivity contribution in [1.29, 1.82) is 0 Å². The molecular formula is C24H28ClN3O. The quantitative estimate of drug-likeness (QED) is 0.665. The third-order valence-electron chi connectivity index (χ3n) is 6.65. The Kier molecular flexibility index (Phi) is 4.60. The first-order valence-corrected chi connectivity index (χ1v) is 11.0. The summed E-state index contributed by atoms with van der Waals surface area (Å²) in [5.74, 6) is 1.02. The van der Waals surface area contributed by atoms with Gasteiger partial charge in [0.15, 0.2) is 0 Å². The molecule has 0 aromatic heterocycles. The summed E-state index contributed by atoms with van der Waals surface area (Å²) in [5, 5.41) is 8.17. The van der Waals surface area contributed by atoms with Crippen LogP contribution in [0, 0.1) is 6.92 Å². The van der Waals surface area contributed by atoms with Gasteiger partial charge in [-0.15, -0.1) is 0 Å². The molecule has 0 bridgehead atoms. The molecule has 0 unspecified atom stereocenters. The van der Waals surface area contributed by atoms with Crippen LogP contribution in [0.4, 0.5) is 0 Å². The molecule has 0 amide bonds. The molecule has 3 aliphatic heterocycles. The third-order valence-corrected chi connectivity index (χ3v) is 6.98. The van der Waals surface area contributed by atoms with E-state index < -0.39 is 0 Å². The van der Waals surface area contributed by atoms with Gasteiger partial charge in [0.25, 0.3) is 0 Å². The van der Waals surface area contributed by atoms with E-state index in [0.717, 1.165) is 54.4 Å². The number of likely N-dealkylation sites (tertiary alicyclic amines) is 1. The number of fused-ring (bicyclic) bond motifs is 4. The normalized spacial score (nSPS) is 23.0. The molecule has 29 heavy (non-hydrogen) atoms. The van der Waals surface area contributed by atoms with E-state index in [2.05, 4.69) is 54.9 Å². The number of ether oxygens (including phenoxy) is 1. The zero-order chi connectivity index (χ0) is 20.2. The lowest BCUT2D eigenvalue weighted by Crippen LogP contribution is -2.59. The van der Waals surface area contributed by atoms with Crippen LogP contribution in [-0.2, 0) is 0 Å². The molecule has 1 fully saturated rings. The van der Waals surface area contributed by atoms with E-state index in [-0.39, 0.29) is 11.8 Å². The van der Waals surface area contributed by atoms with E-state index in [4.69, 9.17) is 21.4 Å². The van der Waals surface area contributed by atoms with E-state index in [0.29, 0.717) is 6.04 Å². The van der Waals surface area contributed by atoms with Crippen molar-refractivity contribution < 1.29 is 4.74 Å². The van der Waals surface area contributed by atoms with E-state index in [1.807, 2.05) is 18.2 Å². The van der Waals surface area contributed by atoms with Gasteiger partial charge in [-0.1, -0.05) is 47.5 Å². The SMILES string of the molecule is Cc1ccc2c(c1)[C@@H]1CC(c3ccccc3Cl)=NN1C1(CCN(C(C)C)CC1)O2. The maximum Gasteiger partial charge on any atom is 0.200 e. The zero-order valence-electron chi connectivity index (χ0n) is 17.4. The van der Waals surface area contributed by atoms with Gasteiger partial charge in [0, 0.05) is 54.5 Å². The predicted octanol–water partition coefficient (Wildman–Crippen LogP) is 5.39. The standard InChI is InChI=1S/C24H28ClN3O/c1-16(2)27-12-10-24(11-13-27)28-22(19-14-17(3)8-9-23(19)29-24)15-21(26-28)18-6-4-5-7-20(18)25/h4-9,14,16,22H,10-13,15H2,1-3H3/t22-/m0/s1. The summed E-state index contributed by atoms with van der Waals surface area (Å²) in [5.41, 5.74) is 4.22. The number of hydrogen-bond acceptors (Lipinski definition) is 4. The number of rotatable bonds is 2. The molecule has 152 valence electrons. The molecule has 1 atom stereocenters. The number of hydrogen-bond donors (Lipinski definition) is 0. The van der Waals surface area contributed by atoms with Crippen LogP contribution < -0.4 is 4.74 Å². The molecule has 5 rings (SSSR count). The minimum atomic E-state index is -0.374. The van der Waals surface area contributed by atoms with Crippen LogP contribution in [0.25, 0.3) is 0 Å². The van der Waals surface area contributed by atoms with Crippen molar-refractivity contribution in [3.05, 3.63) is 64.2 Å². The predicted molar refractivity (Wildman–Crippen MR) is 118 cm³/mol. The molecular weight excluding hydrogens is 382 g/mol. The summed E-state index contributed by atoms with van der Waals surface area (Å²) in [6.45, 7) is 8.73. The van der Waals surface area contributed by atoms with Gasteiger partial charge in [0.2, 0.25) is 5.72 Å². The molecule has 3 heterocycles. The highest BCUT2D eigenvalue weighted by Gasteiger charge is 2.52. The van der Waals surface area contributed by atoms with Crippen LogP contribution in [0.1, 0.15) is 55.8 Å². The average molecular weight is 410 g/mol. The first-order chi connectivity index (χ1) is 14.0. The highest BCUT2D eigenvalue weighted by molar-refractivity contribution is 6.34. The number of halogens is 1. The minimum Gasteiger partial charge on any atom is -0.466 e. The Morgan fingerprint density at radius 1 is 1.14 bits per heavy atom. The summed E-state index contributed by atoms with van der Waals surface area (Å²) < 4.78 is 6.73.